The molecule has 1 aliphatic heterocycles. The number of thiophene rings is 1. The van der Waals surface area contributed by atoms with E-state index in [9.17, 15) is 9.90 Å². The summed E-state index contributed by atoms with van der Waals surface area (Å²) in [5.74, 6) is 0.641. The van der Waals surface area contributed by atoms with E-state index in [1.807, 2.05) is 42.2 Å². The minimum absolute atomic E-state index is 0. The molecule has 3 N–H and O–H groups in total. The van der Waals surface area contributed by atoms with Gasteiger partial charge in [-0.05, 0) is 42.3 Å². The third-order valence-electron chi connectivity index (χ3n) is 4.77. The van der Waals surface area contributed by atoms with Crippen molar-refractivity contribution in [2.75, 3.05) is 26.2 Å². The molecule has 3 rings (SSSR count). The molecule has 2 aromatic rings. The number of carbonyl (C=O) groups is 1. The van der Waals surface area contributed by atoms with Crippen LogP contribution >= 0.6 is 35.3 Å². The van der Waals surface area contributed by atoms with Gasteiger partial charge in [0.25, 0.3) is 0 Å². The lowest BCUT2D eigenvalue weighted by Gasteiger charge is -2.26. The molecule has 29 heavy (non-hydrogen) atoms. The number of benzene rings is 1. The fraction of sp³-hybridized carbons (Fsp3) is 0.429. The minimum Gasteiger partial charge on any atom is -0.388 e. The van der Waals surface area contributed by atoms with Gasteiger partial charge in [-0.3, -0.25) is 4.79 Å². The highest BCUT2D eigenvalue weighted by Gasteiger charge is 2.21. The smallest absolute Gasteiger partial charge is 0.244 e. The number of halogens is 1. The van der Waals surface area contributed by atoms with Gasteiger partial charge in [0.15, 0.2) is 5.96 Å². The summed E-state index contributed by atoms with van der Waals surface area (Å²) in [6.45, 7) is 4.83. The molecular formula is C21H29IN4O2S. The molecule has 6 nitrogen and oxygen atoms in total. The van der Waals surface area contributed by atoms with Crippen LogP contribution in [0.1, 0.15) is 35.5 Å². The van der Waals surface area contributed by atoms with E-state index < -0.39 is 6.10 Å². The van der Waals surface area contributed by atoms with Gasteiger partial charge >= 0.3 is 0 Å². The van der Waals surface area contributed by atoms with Crippen LogP contribution in [0.2, 0.25) is 0 Å². The first-order valence-corrected chi connectivity index (χ1v) is 10.6. The standard InChI is InChI=1S/C21H28N4O2S.HI/c1-2-22-21(23-11-8-18(26)16-6-4-3-5-7-16)24-14-20(27)25-12-9-19-17(15-25)10-13-28-19;/h3-7,10,13,18,26H,2,8-9,11-12,14-15H2,1H3,(H2,22,23,24);1H. The maximum Gasteiger partial charge on any atom is 0.244 e. The molecule has 0 fully saturated rings. The van der Waals surface area contributed by atoms with Gasteiger partial charge in [0.05, 0.1) is 6.10 Å². The Morgan fingerprint density at radius 3 is 2.83 bits per heavy atom. The van der Waals surface area contributed by atoms with Crippen molar-refractivity contribution in [3.8, 4) is 0 Å². The van der Waals surface area contributed by atoms with E-state index in [0.29, 0.717) is 32.0 Å². The summed E-state index contributed by atoms with van der Waals surface area (Å²) in [5.41, 5.74) is 2.16. The van der Waals surface area contributed by atoms with Crippen LogP contribution in [0.25, 0.3) is 0 Å². The number of fused-ring (bicyclic) bond motifs is 1. The molecule has 0 bridgehead atoms. The topological polar surface area (TPSA) is 77.0 Å². The Morgan fingerprint density at radius 1 is 1.28 bits per heavy atom. The number of aliphatic hydroxyl groups excluding tert-OH is 1. The van der Waals surface area contributed by atoms with E-state index in [1.54, 1.807) is 11.3 Å². The maximum absolute atomic E-state index is 12.5. The molecule has 2 heterocycles. The first-order chi connectivity index (χ1) is 13.7. The highest BCUT2D eigenvalue weighted by atomic mass is 127. The lowest BCUT2D eigenvalue weighted by molar-refractivity contribution is -0.130. The Kier molecular flexibility index (Phi) is 9.89. The largest absolute Gasteiger partial charge is 0.388 e. The Balaban J connectivity index is 0.00000300. The molecule has 158 valence electrons. The monoisotopic (exact) mass is 528 g/mol. The SMILES string of the molecule is CCNC(=NCC(=O)N1CCc2sccc2C1)NCCC(O)c1ccccc1.I. The number of amides is 1. The second-order valence-corrected chi connectivity index (χ2v) is 7.77. The van der Waals surface area contributed by atoms with Crippen LogP contribution in [0.5, 0.6) is 0 Å². The van der Waals surface area contributed by atoms with Crippen molar-refractivity contribution in [2.45, 2.75) is 32.4 Å². The van der Waals surface area contributed by atoms with Crippen LogP contribution in [-0.2, 0) is 17.8 Å². The fourth-order valence-corrected chi connectivity index (χ4v) is 4.11. The molecule has 1 aliphatic rings. The van der Waals surface area contributed by atoms with E-state index in [2.05, 4.69) is 27.1 Å². The zero-order valence-corrected chi connectivity index (χ0v) is 19.8. The molecule has 1 unspecified atom stereocenters. The lowest BCUT2D eigenvalue weighted by Crippen LogP contribution is -2.40. The van der Waals surface area contributed by atoms with Crippen molar-refractivity contribution in [3.05, 3.63) is 57.8 Å². The lowest BCUT2D eigenvalue weighted by atomic mass is 10.1. The summed E-state index contributed by atoms with van der Waals surface area (Å²) in [5, 5.41) is 18.7. The predicted molar refractivity (Wildman–Crippen MR) is 129 cm³/mol. The molecular weight excluding hydrogens is 499 g/mol. The Hall–Kier alpha value is -1.65. The van der Waals surface area contributed by atoms with Crippen LogP contribution in [0.15, 0.2) is 46.8 Å². The fourth-order valence-electron chi connectivity index (χ4n) is 3.22. The number of rotatable bonds is 7. The van der Waals surface area contributed by atoms with Crippen LogP contribution in [0.3, 0.4) is 0 Å². The van der Waals surface area contributed by atoms with Crippen LogP contribution < -0.4 is 10.6 Å². The van der Waals surface area contributed by atoms with Gasteiger partial charge in [-0.25, -0.2) is 4.99 Å². The number of nitrogens with zero attached hydrogens (tertiary/aromatic N) is 2. The molecule has 0 radical (unpaired) electrons. The van der Waals surface area contributed by atoms with Crippen molar-refractivity contribution in [1.29, 1.82) is 0 Å². The third kappa shape index (κ3) is 6.97. The van der Waals surface area contributed by atoms with Gasteiger partial charge < -0.3 is 20.6 Å². The van der Waals surface area contributed by atoms with E-state index in [-0.39, 0.29) is 36.4 Å². The number of hydrogen-bond acceptors (Lipinski definition) is 4. The summed E-state index contributed by atoms with van der Waals surface area (Å²) >= 11 is 1.77. The molecule has 0 saturated carbocycles. The Labute approximate surface area is 193 Å². The average Bonchev–Trinajstić information content (AvgIpc) is 3.20. The summed E-state index contributed by atoms with van der Waals surface area (Å²) in [7, 11) is 0. The molecule has 0 spiro atoms. The van der Waals surface area contributed by atoms with Gasteiger partial charge in [-0.1, -0.05) is 30.3 Å². The first-order valence-electron chi connectivity index (χ1n) is 9.75. The van der Waals surface area contributed by atoms with E-state index in [0.717, 1.165) is 18.5 Å². The molecule has 8 heteroatoms. The zero-order chi connectivity index (χ0) is 19.8. The van der Waals surface area contributed by atoms with Gasteiger partial charge in [-0.2, -0.15) is 0 Å². The Morgan fingerprint density at radius 2 is 2.07 bits per heavy atom. The van der Waals surface area contributed by atoms with Crippen molar-refractivity contribution >= 4 is 47.2 Å². The van der Waals surface area contributed by atoms with E-state index >= 15 is 0 Å². The summed E-state index contributed by atoms with van der Waals surface area (Å²) < 4.78 is 0. The minimum atomic E-state index is -0.522. The Bertz CT molecular complexity index is 797. The first kappa shape index (κ1) is 23.6. The molecule has 0 saturated heterocycles. The van der Waals surface area contributed by atoms with E-state index in [1.165, 1.54) is 10.4 Å². The molecule has 1 amide bonds. The molecule has 0 aliphatic carbocycles. The van der Waals surface area contributed by atoms with Gasteiger partial charge in [0.2, 0.25) is 5.91 Å². The molecule has 1 atom stereocenters. The average molecular weight is 528 g/mol. The van der Waals surface area contributed by atoms with Crippen molar-refractivity contribution in [1.82, 2.24) is 15.5 Å². The summed E-state index contributed by atoms with van der Waals surface area (Å²) in [4.78, 5) is 20.2. The van der Waals surface area contributed by atoms with Crippen molar-refractivity contribution in [2.24, 2.45) is 4.99 Å². The number of nitrogens with one attached hydrogen (secondary N) is 2. The van der Waals surface area contributed by atoms with Crippen LogP contribution in [-0.4, -0.2) is 48.1 Å². The van der Waals surface area contributed by atoms with Crippen LogP contribution in [0.4, 0.5) is 0 Å². The number of guanidine groups is 1. The second kappa shape index (κ2) is 12.1. The third-order valence-corrected chi connectivity index (χ3v) is 5.79. The summed E-state index contributed by atoms with van der Waals surface area (Å²) in [6.07, 6.45) is 0.972. The van der Waals surface area contributed by atoms with Gasteiger partial charge in [0.1, 0.15) is 6.54 Å². The number of hydrogen-bond donors (Lipinski definition) is 3. The maximum atomic E-state index is 12.5. The van der Waals surface area contributed by atoms with Crippen molar-refractivity contribution in [3.63, 3.8) is 0 Å². The predicted octanol–water partition coefficient (Wildman–Crippen LogP) is 2.93. The number of aliphatic hydroxyl groups is 1. The van der Waals surface area contributed by atoms with Gasteiger partial charge in [-0.15, -0.1) is 35.3 Å². The quantitative estimate of drug-likeness (QED) is 0.294. The van der Waals surface area contributed by atoms with Gasteiger partial charge in [0, 0.05) is 31.1 Å². The normalized spacial score (nSPS) is 14.6. The number of carbonyl (C=O) groups excluding carboxylic acids is 1. The second-order valence-electron chi connectivity index (χ2n) is 6.77. The van der Waals surface area contributed by atoms with Crippen molar-refractivity contribution < 1.29 is 9.90 Å². The molecule has 1 aromatic heterocycles. The van der Waals surface area contributed by atoms with E-state index in [4.69, 9.17) is 0 Å². The highest BCUT2D eigenvalue weighted by molar-refractivity contribution is 14.0. The molecule has 1 aromatic carbocycles. The number of aliphatic imine (C=N–C) groups is 1. The van der Waals surface area contributed by atoms with Crippen LogP contribution in [0, 0.1) is 0 Å². The zero-order valence-electron chi connectivity index (χ0n) is 16.6. The highest BCUT2D eigenvalue weighted by Crippen LogP contribution is 2.23. The summed E-state index contributed by atoms with van der Waals surface area (Å²) in [6, 6.07) is 11.7.